The maximum Gasteiger partial charge on any atom is 0.253 e. The molecule has 0 aliphatic heterocycles. The average Bonchev–Trinajstić information content (AvgIpc) is 2.60. The Morgan fingerprint density at radius 2 is 1.77 bits per heavy atom. The van der Waals surface area contributed by atoms with E-state index in [0.717, 1.165) is 0 Å². The quantitative estimate of drug-likeness (QED) is 0.633. The van der Waals surface area contributed by atoms with Crippen LogP contribution in [0.4, 0.5) is 5.69 Å². The fourth-order valence-electron chi connectivity index (χ4n) is 2.22. The lowest BCUT2D eigenvalue weighted by Gasteiger charge is -2.19. The summed E-state index contributed by atoms with van der Waals surface area (Å²) in [4.78, 5) is 37.8. The highest BCUT2D eigenvalue weighted by Gasteiger charge is 2.18. The van der Waals surface area contributed by atoms with Gasteiger partial charge in [0.05, 0.1) is 12.6 Å². The first-order valence-electron chi connectivity index (χ1n) is 8.52. The maximum absolute atomic E-state index is 12.3. The predicted octanol–water partition coefficient (Wildman–Crippen LogP) is 1.63. The summed E-state index contributed by atoms with van der Waals surface area (Å²) in [7, 11) is 0. The lowest BCUT2D eigenvalue weighted by atomic mass is 10.1. The van der Waals surface area contributed by atoms with Crippen molar-refractivity contribution in [1.82, 2.24) is 10.2 Å². The third-order valence-corrected chi connectivity index (χ3v) is 3.89. The SMILES string of the molecule is CCN(CC)C(=O)c1cccc(NC(=O)CNC(=O)[C@@H](N)C(C)C)c1.Cl. The van der Waals surface area contributed by atoms with Gasteiger partial charge in [-0.1, -0.05) is 19.9 Å². The highest BCUT2D eigenvalue weighted by molar-refractivity contribution is 5.98. The van der Waals surface area contributed by atoms with Gasteiger partial charge in [0, 0.05) is 24.3 Å². The Bertz CT molecular complexity index is 618. The normalized spacial score (nSPS) is 11.3. The molecule has 1 rings (SSSR count). The van der Waals surface area contributed by atoms with Crippen molar-refractivity contribution in [1.29, 1.82) is 0 Å². The number of benzene rings is 1. The zero-order valence-corrected chi connectivity index (χ0v) is 16.6. The summed E-state index contributed by atoms with van der Waals surface area (Å²) < 4.78 is 0. The first kappa shape index (κ1) is 23.9. The van der Waals surface area contributed by atoms with E-state index in [1.807, 2.05) is 27.7 Å². The molecule has 0 heterocycles. The van der Waals surface area contributed by atoms with E-state index in [4.69, 9.17) is 5.73 Å². The van der Waals surface area contributed by atoms with Gasteiger partial charge < -0.3 is 21.3 Å². The molecule has 1 atom stereocenters. The van der Waals surface area contributed by atoms with Gasteiger partial charge in [-0.25, -0.2) is 0 Å². The first-order valence-corrected chi connectivity index (χ1v) is 8.52. The molecule has 8 heteroatoms. The van der Waals surface area contributed by atoms with E-state index in [9.17, 15) is 14.4 Å². The molecule has 0 unspecified atom stereocenters. The second-order valence-electron chi connectivity index (χ2n) is 6.09. The molecule has 0 bridgehead atoms. The summed E-state index contributed by atoms with van der Waals surface area (Å²) in [5, 5.41) is 5.18. The summed E-state index contributed by atoms with van der Waals surface area (Å²) in [5.74, 6) is -0.838. The minimum absolute atomic E-state index is 0. The van der Waals surface area contributed by atoms with Crippen LogP contribution in [0.15, 0.2) is 24.3 Å². The minimum Gasteiger partial charge on any atom is -0.346 e. The molecule has 0 saturated heterocycles. The van der Waals surface area contributed by atoms with Crippen molar-refractivity contribution in [3.05, 3.63) is 29.8 Å². The van der Waals surface area contributed by atoms with Crippen molar-refractivity contribution >= 4 is 35.8 Å². The predicted molar refractivity (Wildman–Crippen MR) is 105 cm³/mol. The smallest absolute Gasteiger partial charge is 0.253 e. The third-order valence-electron chi connectivity index (χ3n) is 3.89. The van der Waals surface area contributed by atoms with E-state index in [-0.39, 0.29) is 42.6 Å². The van der Waals surface area contributed by atoms with E-state index >= 15 is 0 Å². The molecule has 0 aliphatic carbocycles. The highest BCUT2D eigenvalue weighted by atomic mass is 35.5. The first-order chi connectivity index (χ1) is 11.8. The summed E-state index contributed by atoms with van der Waals surface area (Å²) in [5.41, 5.74) is 6.73. The van der Waals surface area contributed by atoms with Gasteiger partial charge in [0.15, 0.2) is 0 Å². The lowest BCUT2D eigenvalue weighted by Crippen LogP contribution is -2.46. The Hall–Kier alpha value is -2.12. The largest absolute Gasteiger partial charge is 0.346 e. The second-order valence-corrected chi connectivity index (χ2v) is 6.09. The van der Waals surface area contributed by atoms with Gasteiger partial charge in [0.25, 0.3) is 5.91 Å². The molecular weight excluding hydrogens is 356 g/mol. The number of rotatable bonds is 8. The van der Waals surface area contributed by atoms with E-state index in [1.54, 1.807) is 29.2 Å². The van der Waals surface area contributed by atoms with E-state index < -0.39 is 6.04 Å². The second kappa shape index (κ2) is 11.5. The van der Waals surface area contributed by atoms with Crippen molar-refractivity contribution in [3.8, 4) is 0 Å². The van der Waals surface area contributed by atoms with Crippen LogP contribution in [-0.4, -0.2) is 48.3 Å². The Labute approximate surface area is 161 Å². The molecule has 0 saturated carbocycles. The molecule has 146 valence electrons. The van der Waals surface area contributed by atoms with Crippen LogP contribution in [0.3, 0.4) is 0 Å². The van der Waals surface area contributed by atoms with Gasteiger partial charge in [0.1, 0.15) is 0 Å². The van der Waals surface area contributed by atoms with Crippen LogP contribution < -0.4 is 16.4 Å². The number of nitrogens with one attached hydrogen (secondary N) is 2. The van der Waals surface area contributed by atoms with Crippen LogP contribution >= 0.6 is 12.4 Å². The number of anilines is 1. The fraction of sp³-hybridized carbons (Fsp3) is 0.500. The number of hydrogen-bond acceptors (Lipinski definition) is 4. The van der Waals surface area contributed by atoms with Gasteiger partial charge in [-0.15, -0.1) is 12.4 Å². The monoisotopic (exact) mass is 384 g/mol. The number of amides is 3. The van der Waals surface area contributed by atoms with Crippen LogP contribution in [-0.2, 0) is 9.59 Å². The van der Waals surface area contributed by atoms with Crippen molar-refractivity contribution in [2.24, 2.45) is 11.7 Å². The number of halogens is 1. The standard InChI is InChI=1S/C18H28N4O3.ClH/c1-5-22(6-2)18(25)13-8-7-9-14(10-13)21-15(23)11-20-17(24)16(19)12(3)4;/h7-10,12,16H,5-6,11,19H2,1-4H3,(H,20,24)(H,21,23);1H/t16-;/m0./s1. The molecule has 0 aromatic heterocycles. The maximum atomic E-state index is 12.3. The summed E-state index contributed by atoms with van der Waals surface area (Å²) in [6.45, 7) is 8.57. The van der Waals surface area contributed by atoms with Gasteiger partial charge in [-0.2, -0.15) is 0 Å². The molecular formula is C18H29ClN4O3. The minimum atomic E-state index is -0.650. The molecule has 1 aromatic rings. The molecule has 4 N–H and O–H groups in total. The molecule has 3 amide bonds. The van der Waals surface area contributed by atoms with Gasteiger partial charge in [-0.05, 0) is 38.0 Å². The molecule has 0 spiro atoms. The Morgan fingerprint density at radius 3 is 2.31 bits per heavy atom. The Balaban J connectivity index is 0.00000625. The summed E-state index contributed by atoms with van der Waals surface area (Å²) >= 11 is 0. The molecule has 0 radical (unpaired) electrons. The third kappa shape index (κ3) is 7.01. The number of carbonyl (C=O) groups is 3. The van der Waals surface area contributed by atoms with Crippen molar-refractivity contribution in [3.63, 3.8) is 0 Å². The summed E-state index contributed by atoms with van der Waals surface area (Å²) in [6.07, 6.45) is 0. The lowest BCUT2D eigenvalue weighted by molar-refractivity contribution is -0.125. The van der Waals surface area contributed by atoms with E-state index in [0.29, 0.717) is 24.3 Å². The van der Waals surface area contributed by atoms with Gasteiger partial charge >= 0.3 is 0 Å². The van der Waals surface area contributed by atoms with Crippen LogP contribution in [0.5, 0.6) is 0 Å². The fourth-order valence-corrected chi connectivity index (χ4v) is 2.22. The van der Waals surface area contributed by atoms with Crippen LogP contribution in [0.2, 0.25) is 0 Å². The average molecular weight is 385 g/mol. The van der Waals surface area contributed by atoms with E-state index in [1.165, 1.54) is 0 Å². The molecule has 26 heavy (non-hydrogen) atoms. The number of hydrogen-bond donors (Lipinski definition) is 3. The molecule has 0 fully saturated rings. The van der Waals surface area contributed by atoms with Crippen LogP contribution in [0.1, 0.15) is 38.1 Å². The topological polar surface area (TPSA) is 105 Å². The highest BCUT2D eigenvalue weighted by Crippen LogP contribution is 2.13. The zero-order chi connectivity index (χ0) is 19.0. The summed E-state index contributed by atoms with van der Waals surface area (Å²) in [6, 6.07) is 6.08. The number of carbonyl (C=O) groups excluding carboxylic acids is 3. The molecule has 1 aromatic carbocycles. The molecule has 0 aliphatic rings. The van der Waals surface area contributed by atoms with Gasteiger partial charge in [-0.3, -0.25) is 14.4 Å². The van der Waals surface area contributed by atoms with Crippen molar-refractivity contribution in [2.45, 2.75) is 33.7 Å². The van der Waals surface area contributed by atoms with Gasteiger partial charge in [0.2, 0.25) is 11.8 Å². The zero-order valence-electron chi connectivity index (χ0n) is 15.7. The molecule has 7 nitrogen and oxygen atoms in total. The van der Waals surface area contributed by atoms with Crippen molar-refractivity contribution in [2.75, 3.05) is 25.0 Å². The Kier molecular flexibility index (Phi) is 10.6. The number of nitrogens with zero attached hydrogens (tertiary/aromatic N) is 1. The van der Waals surface area contributed by atoms with Crippen molar-refractivity contribution < 1.29 is 14.4 Å². The van der Waals surface area contributed by atoms with Crippen LogP contribution in [0.25, 0.3) is 0 Å². The van der Waals surface area contributed by atoms with Crippen LogP contribution in [0, 0.1) is 5.92 Å². The van der Waals surface area contributed by atoms with E-state index in [2.05, 4.69) is 10.6 Å². The number of nitrogens with two attached hydrogens (primary N) is 1. The Morgan fingerprint density at radius 1 is 1.15 bits per heavy atom.